The Morgan fingerprint density at radius 3 is 2.36 bits per heavy atom. The van der Waals surface area contributed by atoms with Gasteiger partial charge in [-0.25, -0.2) is 4.39 Å². The molecule has 4 nitrogen and oxygen atoms in total. The summed E-state index contributed by atoms with van der Waals surface area (Å²) < 4.78 is 12.8. The number of anilines is 2. The van der Waals surface area contributed by atoms with E-state index in [0.717, 1.165) is 24.3 Å². The van der Waals surface area contributed by atoms with Crippen molar-refractivity contribution in [1.82, 2.24) is 0 Å². The zero-order valence-corrected chi connectivity index (χ0v) is 14.4. The summed E-state index contributed by atoms with van der Waals surface area (Å²) in [6.07, 6.45) is 3.82. The van der Waals surface area contributed by atoms with E-state index in [0.29, 0.717) is 13.1 Å². The van der Waals surface area contributed by atoms with Gasteiger partial charge < -0.3 is 15.5 Å². The summed E-state index contributed by atoms with van der Waals surface area (Å²) >= 11 is 0. The molecule has 1 aliphatic heterocycles. The summed E-state index contributed by atoms with van der Waals surface area (Å²) in [5.74, 6) is -0.276. The molecule has 0 spiro atoms. The van der Waals surface area contributed by atoms with Crippen molar-refractivity contribution in [3.05, 3.63) is 59.9 Å². The van der Waals surface area contributed by atoms with Gasteiger partial charge in [-0.1, -0.05) is 12.1 Å². The maximum Gasteiger partial charge on any atom is 0.279 e. The Morgan fingerprint density at radius 1 is 1.00 bits per heavy atom. The molecule has 0 aromatic heterocycles. The number of nitrogens with zero attached hydrogens (tertiary/aromatic N) is 1. The third-order valence-corrected chi connectivity index (χ3v) is 4.50. The molecular formula is C20H25FN3O+. The Kier molecular flexibility index (Phi) is 6.01. The number of nitrogens with one attached hydrogen (secondary N) is 1. The predicted molar refractivity (Wildman–Crippen MR) is 98.0 cm³/mol. The highest BCUT2D eigenvalue weighted by atomic mass is 19.1. The van der Waals surface area contributed by atoms with Crippen LogP contribution in [-0.2, 0) is 11.3 Å². The highest BCUT2D eigenvalue weighted by Crippen LogP contribution is 2.21. The third kappa shape index (κ3) is 5.29. The summed E-state index contributed by atoms with van der Waals surface area (Å²) in [5.41, 5.74) is 3.04. The first-order valence-corrected chi connectivity index (χ1v) is 8.92. The SMILES string of the molecule is O=C(C[NH2+]Cc1ccc(F)cc1)Nc1ccc(N2CCCCC2)cc1. The van der Waals surface area contributed by atoms with Crippen LogP contribution in [0.5, 0.6) is 0 Å². The molecule has 1 saturated heterocycles. The molecular weight excluding hydrogens is 317 g/mol. The Morgan fingerprint density at radius 2 is 1.68 bits per heavy atom. The van der Waals surface area contributed by atoms with Gasteiger partial charge in [0.15, 0.2) is 6.54 Å². The maximum absolute atomic E-state index is 12.8. The van der Waals surface area contributed by atoms with Crippen molar-refractivity contribution in [2.75, 3.05) is 29.9 Å². The molecule has 1 aliphatic rings. The average molecular weight is 342 g/mol. The monoisotopic (exact) mass is 342 g/mol. The van der Waals surface area contributed by atoms with Crippen LogP contribution < -0.4 is 15.5 Å². The standard InChI is InChI=1S/C20H24FN3O/c21-17-6-4-16(5-7-17)14-22-15-20(25)23-18-8-10-19(11-9-18)24-12-2-1-3-13-24/h4-11,22H,1-3,12-15H2,(H,23,25)/p+1. The quantitative estimate of drug-likeness (QED) is 0.847. The first kappa shape index (κ1) is 17.4. The van der Waals surface area contributed by atoms with Crippen LogP contribution in [-0.4, -0.2) is 25.5 Å². The second-order valence-corrected chi connectivity index (χ2v) is 6.47. The molecule has 0 saturated carbocycles. The van der Waals surface area contributed by atoms with Crippen LogP contribution in [0.25, 0.3) is 0 Å². The van der Waals surface area contributed by atoms with Crippen LogP contribution in [0.4, 0.5) is 15.8 Å². The second-order valence-electron chi connectivity index (χ2n) is 6.47. The second kappa shape index (κ2) is 8.62. The number of carbonyl (C=O) groups excluding carboxylic acids is 1. The van der Waals surface area contributed by atoms with E-state index in [1.807, 2.05) is 17.4 Å². The summed E-state index contributed by atoms with van der Waals surface area (Å²) in [5, 5.41) is 4.83. The van der Waals surface area contributed by atoms with Crippen molar-refractivity contribution in [3.8, 4) is 0 Å². The smallest absolute Gasteiger partial charge is 0.279 e. The molecule has 0 radical (unpaired) electrons. The first-order valence-electron chi connectivity index (χ1n) is 8.92. The van der Waals surface area contributed by atoms with E-state index in [1.165, 1.54) is 37.1 Å². The lowest BCUT2D eigenvalue weighted by atomic mass is 10.1. The Bertz CT molecular complexity index is 679. The fourth-order valence-corrected chi connectivity index (χ4v) is 3.11. The van der Waals surface area contributed by atoms with Crippen LogP contribution in [0.1, 0.15) is 24.8 Å². The van der Waals surface area contributed by atoms with Crippen molar-refractivity contribution in [2.24, 2.45) is 0 Å². The minimum atomic E-state index is -0.241. The molecule has 3 rings (SSSR count). The molecule has 3 N–H and O–H groups in total. The van der Waals surface area contributed by atoms with Crippen LogP contribution in [0.2, 0.25) is 0 Å². The molecule has 25 heavy (non-hydrogen) atoms. The van der Waals surface area contributed by atoms with Crippen LogP contribution in [0, 0.1) is 5.82 Å². The topological polar surface area (TPSA) is 49.0 Å². The lowest BCUT2D eigenvalue weighted by Gasteiger charge is -2.28. The predicted octanol–water partition coefficient (Wildman–Crippen LogP) is 2.52. The first-order chi connectivity index (χ1) is 12.2. The number of piperidine rings is 1. The van der Waals surface area contributed by atoms with Gasteiger partial charge in [0.1, 0.15) is 12.4 Å². The number of nitrogens with two attached hydrogens (primary N) is 1. The molecule has 2 aromatic rings. The average Bonchev–Trinajstić information content (AvgIpc) is 2.65. The number of amides is 1. The third-order valence-electron chi connectivity index (χ3n) is 4.50. The zero-order valence-electron chi connectivity index (χ0n) is 14.4. The molecule has 0 atom stereocenters. The van der Waals surface area contributed by atoms with Gasteiger partial charge in [0.05, 0.1) is 0 Å². The van der Waals surface area contributed by atoms with Gasteiger partial charge in [0.2, 0.25) is 0 Å². The van der Waals surface area contributed by atoms with Crippen LogP contribution in [0.15, 0.2) is 48.5 Å². The van der Waals surface area contributed by atoms with E-state index >= 15 is 0 Å². The zero-order chi connectivity index (χ0) is 17.5. The van der Waals surface area contributed by atoms with E-state index < -0.39 is 0 Å². The number of halogens is 1. The molecule has 0 unspecified atom stereocenters. The largest absolute Gasteiger partial charge is 0.372 e. The lowest BCUT2D eigenvalue weighted by Crippen LogP contribution is -2.84. The van der Waals surface area contributed by atoms with Gasteiger partial charge in [-0.05, 0) is 55.7 Å². The van der Waals surface area contributed by atoms with Gasteiger partial charge in [-0.2, -0.15) is 0 Å². The van der Waals surface area contributed by atoms with E-state index in [2.05, 4.69) is 22.3 Å². The maximum atomic E-state index is 12.8. The van der Waals surface area contributed by atoms with Gasteiger partial charge in [-0.15, -0.1) is 0 Å². The molecule has 5 heteroatoms. The fourth-order valence-electron chi connectivity index (χ4n) is 3.11. The van der Waals surface area contributed by atoms with Gasteiger partial charge in [0.25, 0.3) is 5.91 Å². The summed E-state index contributed by atoms with van der Waals surface area (Å²) in [7, 11) is 0. The van der Waals surface area contributed by atoms with Crippen molar-refractivity contribution in [3.63, 3.8) is 0 Å². The summed E-state index contributed by atoms with van der Waals surface area (Å²) in [4.78, 5) is 14.4. The lowest BCUT2D eigenvalue weighted by molar-refractivity contribution is -0.659. The Labute approximate surface area is 148 Å². The van der Waals surface area contributed by atoms with Crippen molar-refractivity contribution >= 4 is 17.3 Å². The summed E-state index contributed by atoms with van der Waals surface area (Å²) in [6, 6.07) is 14.4. The van der Waals surface area contributed by atoms with Gasteiger partial charge >= 0.3 is 0 Å². The Hall–Kier alpha value is -2.40. The number of hydrogen-bond acceptors (Lipinski definition) is 2. The number of benzene rings is 2. The number of carbonyl (C=O) groups is 1. The molecule has 0 aliphatic carbocycles. The Balaban J connectivity index is 1.43. The molecule has 1 fully saturated rings. The van der Waals surface area contributed by atoms with E-state index in [4.69, 9.17) is 0 Å². The van der Waals surface area contributed by atoms with Crippen molar-refractivity contribution in [1.29, 1.82) is 0 Å². The fraction of sp³-hybridized carbons (Fsp3) is 0.350. The number of rotatable bonds is 6. The van der Waals surface area contributed by atoms with Crippen LogP contribution >= 0.6 is 0 Å². The van der Waals surface area contributed by atoms with Gasteiger partial charge in [0, 0.05) is 30.0 Å². The van der Waals surface area contributed by atoms with E-state index in [-0.39, 0.29) is 11.7 Å². The summed E-state index contributed by atoms with van der Waals surface area (Å²) in [6.45, 7) is 3.22. The molecule has 2 aromatic carbocycles. The van der Waals surface area contributed by atoms with E-state index in [9.17, 15) is 9.18 Å². The van der Waals surface area contributed by atoms with Crippen molar-refractivity contribution in [2.45, 2.75) is 25.8 Å². The minimum absolute atomic E-state index is 0.0344. The molecule has 1 amide bonds. The van der Waals surface area contributed by atoms with Crippen LogP contribution in [0.3, 0.4) is 0 Å². The minimum Gasteiger partial charge on any atom is -0.372 e. The molecule has 132 valence electrons. The van der Waals surface area contributed by atoms with Gasteiger partial charge in [-0.3, -0.25) is 4.79 Å². The van der Waals surface area contributed by atoms with E-state index in [1.54, 1.807) is 12.1 Å². The molecule has 1 heterocycles. The number of quaternary nitrogens is 1. The highest BCUT2D eigenvalue weighted by Gasteiger charge is 2.11. The normalized spacial score (nSPS) is 14.4. The molecule has 0 bridgehead atoms. The van der Waals surface area contributed by atoms with Crippen molar-refractivity contribution < 1.29 is 14.5 Å². The number of hydrogen-bond donors (Lipinski definition) is 2. The highest BCUT2D eigenvalue weighted by molar-refractivity contribution is 5.91.